The van der Waals surface area contributed by atoms with Crippen molar-refractivity contribution in [2.45, 2.75) is 26.9 Å². The molecule has 0 aromatic heterocycles. The molecule has 1 rings (SSSR count). The van der Waals surface area contributed by atoms with Gasteiger partial charge in [-0.3, -0.25) is 0 Å². The second kappa shape index (κ2) is 6.06. The maximum atomic E-state index is 11.0. The van der Waals surface area contributed by atoms with Gasteiger partial charge in [-0.25, -0.2) is 4.79 Å². The molecule has 0 atom stereocenters. The van der Waals surface area contributed by atoms with E-state index in [9.17, 15) is 4.79 Å². The molecule has 1 aromatic rings. The summed E-state index contributed by atoms with van der Waals surface area (Å²) in [5.74, 6) is 0. The van der Waals surface area contributed by atoms with Crippen molar-refractivity contribution >= 4 is 6.16 Å². The first-order valence-electron chi connectivity index (χ1n) is 5.08. The van der Waals surface area contributed by atoms with Crippen molar-refractivity contribution in [3.63, 3.8) is 0 Å². The van der Waals surface area contributed by atoms with Crippen LogP contribution in [0.3, 0.4) is 0 Å². The highest BCUT2D eigenvalue weighted by Crippen LogP contribution is 2.08. The van der Waals surface area contributed by atoms with Gasteiger partial charge in [0, 0.05) is 0 Å². The fourth-order valence-electron chi connectivity index (χ4n) is 1.14. The predicted molar refractivity (Wildman–Crippen MR) is 57.6 cm³/mol. The Morgan fingerprint density at radius 1 is 1.27 bits per heavy atom. The highest BCUT2D eigenvalue weighted by molar-refractivity contribution is 5.59. The minimum absolute atomic E-state index is 0.273. The van der Waals surface area contributed by atoms with Crippen LogP contribution in [-0.4, -0.2) is 12.8 Å². The smallest absolute Gasteiger partial charge is 0.434 e. The van der Waals surface area contributed by atoms with E-state index >= 15 is 0 Å². The molecule has 1 aromatic carbocycles. The van der Waals surface area contributed by atoms with Crippen LogP contribution >= 0.6 is 0 Å². The molecule has 0 saturated heterocycles. The number of rotatable bonds is 4. The summed E-state index contributed by atoms with van der Waals surface area (Å²) in [6.07, 6.45) is 0.208. The predicted octanol–water partition coefficient (Wildman–Crippen LogP) is 3.06. The molecule has 0 N–H and O–H groups in total. The molecule has 0 spiro atoms. The van der Waals surface area contributed by atoms with Crippen molar-refractivity contribution in [2.75, 3.05) is 6.61 Å². The Labute approximate surface area is 90.0 Å². The SMILES string of the molecule is CCCOC(=O)OCc1ccccc1C. The van der Waals surface area contributed by atoms with Crippen molar-refractivity contribution < 1.29 is 14.3 Å². The average Bonchev–Trinajstić information content (AvgIpc) is 2.25. The molecule has 0 heterocycles. The topological polar surface area (TPSA) is 35.5 Å². The van der Waals surface area contributed by atoms with Gasteiger partial charge in [0.15, 0.2) is 0 Å². The van der Waals surface area contributed by atoms with Crippen molar-refractivity contribution in [3.8, 4) is 0 Å². The van der Waals surface area contributed by atoms with E-state index < -0.39 is 6.16 Å². The summed E-state index contributed by atoms with van der Waals surface area (Å²) in [5.41, 5.74) is 2.12. The van der Waals surface area contributed by atoms with Crippen LogP contribution in [-0.2, 0) is 16.1 Å². The van der Waals surface area contributed by atoms with Gasteiger partial charge < -0.3 is 9.47 Å². The van der Waals surface area contributed by atoms with Gasteiger partial charge in [0.25, 0.3) is 0 Å². The lowest BCUT2D eigenvalue weighted by atomic mass is 10.1. The summed E-state index contributed by atoms with van der Waals surface area (Å²) in [6.45, 7) is 4.60. The largest absolute Gasteiger partial charge is 0.508 e. The number of ether oxygens (including phenoxy) is 2. The number of aryl methyl sites for hydroxylation is 1. The summed E-state index contributed by atoms with van der Waals surface area (Å²) in [7, 11) is 0. The quantitative estimate of drug-likeness (QED) is 0.713. The maximum absolute atomic E-state index is 11.0. The molecular weight excluding hydrogens is 192 g/mol. The Morgan fingerprint density at radius 3 is 2.67 bits per heavy atom. The fraction of sp³-hybridized carbons (Fsp3) is 0.417. The third-order valence-electron chi connectivity index (χ3n) is 2.03. The first kappa shape index (κ1) is 11.6. The summed E-state index contributed by atoms with van der Waals surface area (Å²) < 4.78 is 9.74. The van der Waals surface area contributed by atoms with Gasteiger partial charge in [-0.15, -0.1) is 0 Å². The summed E-state index contributed by atoms with van der Waals surface area (Å²) >= 11 is 0. The van der Waals surface area contributed by atoms with Crippen LogP contribution in [0.1, 0.15) is 24.5 Å². The molecule has 3 nitrogen and oxygen atoms in total. The lowest BCUT2D eigenvalue weighted by molar-refractivity contribution is 0.0499. The minimum Gasteiger partial charge on any atom is -0.434 e. The minimum atomic E-state index is -0.597. The van der Waals surface area contributed by atoms with Gasteiger partial charge in [0.2, 0.25) is 0 Å². The Bertz CT molecular complexity index is 320. The molecule has 0 bridgehead atoms. The van der Waals surface area contributed by atoms with Crippen LogP contribution in [0, 0.1) is 6.92 Å². The van der Waals surface area contributed by atoms with Crippen LogP contribution in [0.4, 0.5) is 4.79 Å². The van der Waals surface area contributed by atoms with Crippen molar-refractivity contribution in [1.29, 1.82) is 0 Å². The third kappa shape index (κ3) is 4.02. The highest BCUT2D eigenvalue weighted by Gasteiger charge is 2.04. The number of hydrogen-bond acceptors (Lipinski definition) is 3. The van der Waals surface area contributed by atoms with Crippen LogP contribution in [0.2, 0.25) is 0 Å². The Balaban J connectivity index is 2.37. The molecular formula is C12H16O3. The molecule has 0 aliphatic rings. The lowest BCUT2D eigenvalue weighted by Gasteiger charge is -2.07. The average molecular weight is 208 g/mol. The molecule has 0 radical (unpaired) electrons. The van der Waals surface area contributed by atoms with Gasteiger partial charge in [-0.1, -0.05) is 31.2 Å². The number of hydrogen-bond donors (Lipinski definition) is 0. The van der Waals surface area contributed by atoms with E-state index in [-0.39, 0.29) is 6.61 Å². The molecule has 3 heteroatoms. The molecule has 0 aliphatic carbocycles. The second-order valence-electron chi connectivity index (χ2n) is 3.31. The van der Waals surface area contributed by atoms with Gasteiger partial charge in [0.05, 0.1) is 6.61 Å². The molecule has 15 heavy (non-hydrogen) atoms. The zero-order valence-electron chi connectivity index (χ0n) is 9.16. The van der Waals surface area contributed by atoms with E-state index in [0.29, 0.717) is 6.61 Å². The fourth-order valence-corrected chi connectivity index (χ4v) is 1.14. The number of benzene rings is 1. The van der Waals surface area contributed by atoms with Crippen LogP contribution < -0.4 is 0 Å². The lowest BCUT2D eigenvalue weighted by Crippen LogP contribution is -2.08. The Hall–Kier alpha value is -1.51. The van der Waals surface area contributed by atoms with Gasteiger partial charge in [0.1, 0.15) is 6.61 Å². The van der Waals surface area contributed by atoms with Crippen LogP contribution in [0.5, 0.6) is 0 Å². The Morgan fingerprint density at radius 2 is 2.00 bits per heavy atom. The molecule has 0 saturated carbocycles. The van der Waals surface area contributed by atoms with Gasteiger partial charge in [-0.05, 0) is 24.5 Å². The van der Waals surface area contributed by atoms with E-state index in [4.69, 9.17) is 9.47 Å². The standard InChI is InChI=1S/C12H16O3/c1-3-8-14-12(13)15-9-11-7-5-4-6-10(11)2/h4-7H,3,8-9H2,1-2H3. The van der Waals surface area contributed by atoms with Crippen LogP contribution in [0.25, 0.3) is 0 Å². The van der Waals surface area contributed by atoms with Crippen LogP contribution in [0.15, 0.2) is 24.3 Å². The van der Waals surface area contributed by atoms with E-state index in [1.54, 1.807) is 0 Å². The zero-order chi connectivity index (χ0) is 11.1. The first-order chi connectivity index (χ1) is 7.24. The summed E-state index contributed by atoms with van der Waals surface area (Å²) in [4.78, 5) is 11.0. The summed E-state index contributed by atoms with van der Waals surface area (Å²) in [5, 5.41) is 0. The Kier molecular flexibility index (Phi) is 4.68. The van der Waals surface area contributed by atoms with Gasteiger partial charge >= 0.3 is 6.16 Å². The molecule has 0 unspecified atom stereocenters. The van der Waals surface area contributed by atoms with Gasteiger partial charge in [-0.2, -0.15) is 0 Å². The zero-order valence-corrected chi connectivity index (χ0v) is 9.16. The second-order valence-corrected chi connectivity index (χ2v) is 3.31. The molecule has 82 valence electrons. The highest BCUT2D eigenvalue weighted by atomic mass is 16.7. The van der Waals surface area contributed by atoms with Crippen molar-refractivity contribution in [2.24, 2.45) is 0 Å². The normalized spacial score (nSPS) is 9.73. The maximum Gasteiger partial charge on any atom is 0.508 e. The summed E-state index contributed by atoms with van der Waals surface area (Å²) in [6, 6.07) is 7.79. The monoisotopic (exact) mass is 208 g/mol. The van der Waals surface area contributed by atoms with Crippen molar-refractivity contribution in [1.82, 2.24) is 0 Å². The number of carbonyl (C=O) groups excluding carboxylic acids is 1. The van der Waals surface area contributed by atoms with E-state index in [0.717, 1.165) is 17.5 Å². The molecule has 0 fully saturated rings. The molecule has 0 aliphatic heterocycles. The van der Waals surface area contributed by atoms with Crippen molar-refractivity contribution in [3.05, 3.63) is 35.4 Å². The van der Waals surface area contributed by atoms with E-state index in [1.165, 1.54) is 0 Å². The van der Waals surface area contributed by atoms with E-state index in [1.807, 2.05) is 38.1 Å². The van der Waals surface area contributed by atoms with E-state index in [2.05, 4.69) is 0 Å². The first-order valence-corrected chi connectivity index (χ1v) is 5.08. The third-order valence-corrected chi connectivity index (χ3v) is 2.03. The number of carbonyl (C=O) groups is 1. The molecule has 0 amide bonds.